The smallest absolute Gasteiger partial charge is 0.335 e. The van der Waals surface area contributed by atoms with Crippen LogP contribution in [0.25, 0.3) is 0 Å². The van der Waals surface area contributed by atoms with Crippen molar-refractivity contribution in [3.63, 3.8) is 0 Å². The summed E-state index contributed by atoms with van der Waals surface area (Å²) in [4.78, 5) is 51.9. The summed E-state index contributed by atoms with van der Waals surface area (Å²) in [6.45, 7) is 2.82. The monoisotopic (exact) mass is 615 g/mol. The number of rotatable bonds is 10. The molecule has 1 aliphatic carbocycles. The Kier molecular flexibility index (Phi) is 8.55. The van der Waals surface area contributed by atoms with Gasteiger partial charge in [0.2, 0.25) is 5.91 Å². The van der Waals surface area contributed by atoms with Crippen LogP contribution in [0.15, 0.2) is 48.7 Å². The third-order valence-corrected chi connectivity index (χ3v) is 8.97. The van der Waals surface area contributed by atoms with Gasteiger partial charge in [-0.25, -0.2) is 9.48 Å². The number of hydrogen-bond acceptors (Lipinski definition) is 8. The number of likely N-dealkylation sites (tertiary alicyclic amines) is 1. The zero-order chi connectivity index (χ0) is 31.7. The van der Waals surface area contributed by atoms with Crippen LogP contribution in [-0.4, -0.2) is 74.5 Å². The first kappa shape index (κ1) is 30.3. The molecule has 3 aliphatic rings. The van der Waals surface area contributed by atoms with Gasteiger partial charge in [0.25, 0.3) is 5.91 Å². The van der Waals surface area contributed by atoms with E-state index in [2.05, 4.69) is 27.8 Å². The highest BCUT2D eigenvalue weighted by Crippen LogP contribution is 2.41. The van der Waals surface area contributed by atoms with Crippen molar-refractivity contribution < 1.29 is 33.8 Å². The summed E-state index contributed by atoms with van der Waals surface area (Å²) < 4.78 is 13.0. The minimum absolute atomic E-state index is 0.0680. The summed E-state index contributed by atoms with van der Waals surface area (Å²) in [5.74, 6) is -1.63. The number of piperidine rings is 1. The van der Waals surface area contributed by atoms with Gasteiger partial charge in [-0.1, -0.05) is 29.5 Å². The molecule has 1 saturated carbocycles. The van der Waals surface area contributed by atoms with Crippen molar-refractivity contribution in [1.29, 1.82) is 0 Å². The van der Waals surface area contributed by atoms with E-state index >= 15 is 0 Å². The van der Waals surface area contributed by atoms with Gasteiger partial charge < -0.3 is 24.8 Å². The van der Waals surface area contributed by atoms with Crippen molar-refractivity contribution in [2.24, 2.45) is 13.0 Å². The molecule has 2 aliphatic heterocycles. The SMILES string of the molecule is C[C@H](NC(=O)c1cnnn1C)[C@H](Oc1ccc(C(=O)O)c([C@@H]2CCCN(C(=O)[C@H]3COC(=O)C3)C2)c1)c1ccc(C2CC2)cc1. The van der Waals surface area contributed by atoms with Gasteiger partial charge in [0.15, 0.2) is 0 Å². The van der Waals surface area contributed by atoms with E-state index in [-0.39, 0.29) is 42.3 Å². The number of amides is 2. The van der Waals surface area contributed by atoms with Gasteiger partial charge in [-0.2, -0.15) is 0 Å². The van der Waals surface area contributed by atoms with E-state index in [9.17, 15) is 24.3 Å². The largest absolute Gasteiger partial charge is 0.484 e. The number of nitrogens with zero attached hydrogens (tertiary/aromatic N) is 4. The highest BCUT2D eigenvalue weighted by molar-refractivity contribution is 5.92. The number of carboxylic acids is 1. The van der Waals surface area contributed by atoms with Crippen molar-refractivity contribution >= 4 is 23.8 Å². The van der Waals surface area contributed by atoms with Crippen LogP contribution in [0.5, 0.6) is 5.75 Å². The van der Waals surface area contributed by atoms with Crippen LogP contribution in [-0.2, 0) is 21.4 Å². The van der Waals surface area contributed by atoms with Crippen molar-refractivity contribution in [2.45, 2.75) is 63.0 Å². The second-order valence-corrected chi connectivity index (χ2v) is 12.2. The van der Waals surface area contributed by atoms with Crippen LogP contribution in [0.3, 0.4) is 0 Å². The average molecular weight is 616 g/mol. The molecule has 3 fully saturated rings. The van der Waals surface area contributed by atoms with Gasteiger partial charge in [-0.05, 0) is 73.4 Å². The zero-order valence-electron chi connectivity index (χ0n) is 25.3. The Morgan fingerprint density at radius 2 is 1.87 bits per heavy atom. The van der Waals surface area contributed by atoms with Gasteiger partial charge in [-0.15, -0.1) is 5.10 Å². The number of carbonyl (C=O) groups is 4. The Bertz CT molecular complexity index is 1600. The van der Waals surface area contributed by atoms with E-state index < -0.39 is 24.0 Å². The molecule has 3 heterocycles. The molecule has 236 valence electrons. The lowest BCUT2D eigenvalue weighted by atomic mass is 9.86. The number of aryl methyl sites for hydroxylation is 1. The molecule has 0 unspecified atom stereocenters. The summed E-state index contributed by atoms with van der Waals surface area (Å²) in [7, 11) is 1.64. The molecule has 0 spiro atoms. The van der Waals surface area contributed by atoms with Crippen molar-refractivity contribution in [1.82, 2.24) is 25.2 Å². The fraction of sp³-hybridized carbons (Fsp3) is 0.455. The molecule has 12 heteroatoms. The molecule has 0 radical (unpaired) electrons. The number of hydrogen-bond donors (Lipinski definition) is 2. The number of carbonyl (C=O) groups excluding carboxylic acids is 3. The number of cyclic esters (lactones) is 1. The van der Waals surface area contributed by atoms with E-state index in [1.54, 1.807) is 24.1 Å². The predicted octanol–water partition coefficient (Wildman–Crippen LogP) is 3.60. The molecule has 2 aromatic carbocycles. The van der Waals surface area contributed by atoms with Crippen molar-refractivity contribution in [3.05, 3.63) is 76.6 Å². The summed E-state index contributed by atoms with van der Waals surface area (Å²) in [6, 6.07) is 12.6. The van der Waals surface area contributed by atoms with Crippen LogP contribution in [0.4, 0.5) is 0 Å². The van der Waals surface area contributed by atoms with Crippen LogP contribution in [0, 0.1) is 5.92 Å². The summed E-state index contributed by atoms with van der Waals surface area (Å²) in [5.41, 5.74) is 3.17. The van der Waals surface area contributed by atoms with E-state index in [1.165, 1.54) is 35.4 Å². The third-order valence-electron chi connectivity index (χ3n) is 8.97. The van der Waals surface area contributed by atoms with E-state index in [0.717, 1.165) is 5.56 Å². The first-order valence-electron chi connectivity index (χ1n) is 15.4. The lowest BCUT2D eigenvalue weighted by molar-refractivity contribution is -0.138. The highest BCUT2D eigenvalue weighted by Gasteiger charge is 2.36. The zero-order valence-corrected chi connectivity index (χ0v) is 25.3. The quantitative estimate of drug-likeness (QED) is 0.326. The molecule has 12 nitrogen and oxygen atoms in total. The molecule has 45 heavy (non-hydrogen) atoms. The number of benzene rings is 2. The number of ether oxygens (including phenoxy) is 2. The van der Waals surface area contributed by atoms with Crippen LogP contribution >= 0.6 is 0 Å². The Hall–Kier alpha value is -4.74. The van der Waals surface area contributed by atoms with Gasteiger partial charge in [0, 0.05) is 26.1 Å². The Balaban J connectivity index is 1.26. The number of carboxylic acid groups (broad SMARTS) is 1. The van der Waals surface area contributed by atoms with Crippen LogP contribution in [0.1, 0.15) is 94.5 Å². The number of aromatic carboxylic acids is 1. The fourth-order valence-corrected chi connectivity index (χ4v) is 6.34. The predicted molar refractivity (Wildman–Crippen MR) is 161 cm³/mol. The molecule has 2 saturated heterocycles. The standard InChI is InChI=1S/C33H37N5O7/c1-19(35-31(40)28-16-34-36-37(28)2)30(22-9-7-21(8-10-22)20-5-6-20)45-25-11-12-26(33(42)43)27(15-25)23-4-3-13-38(17-23)32(41)24-14-29(39)44-18-24/h7-12,15-16,19-20,23-24,30H,3-6,13-14,17-18H2,1-2H3,(H,35,40)(H,42,43)/t19-,23+,24+,30-/m0/s1. The average Bonchev–Trinajstić information content (AvgIpc) is 3.66. The maximum absolute atomic E-state index is 13.2. The maximum atomic E-state index is 13.2. The summed E-state index contributed by atoms with van der Waals surface area (Å²) in [6.07, 6.45) is 4.62. The molecule has 0 bridgehead atoms. The topological polar surface area (TPSA) is 153 Å². The van der Waals surface area contributed by atoms with Crippen LogP contribution < -0.4 is 10.1 Å². The molecule has 6 rings (SSSR count). The number of aromatic nitrogens is 3. The van der Waals surface area contributed by atoms with E-state index in [0.29, 0.717) is 48.9 Å². The molecule has 2 N–H and O–H groups in total. The van der Waals surface area contributed by atoms with Gasteiger partial charge in [0.1, 0.15) is 24.2 Å². The first-order valence-corrected chi connectivity index (χ1v) is 15.4. The third kappa shape index (κ3) is 6.69. The number of esters is 1. The molecular weight excluding hydrogens is 578 g/mol. The second kappa shape index (κ2) is 12.7. The van der Waals surface area contributed by atoms with E-state index in [4.69, 9.17) is 9.47 Å². The second-order valence-electron chi connectivity index (χ2n) is 12.2. The fourth-order valence-electron chi connectivity index (χ4n) is 6.34. The van der Waals surface area contributed by atoms with Crippen molar-refractivity contribution in [2.75, 3.05) is 19.7 Å². The molecule has 4 atom stereocenters. The number of nitrogens with one attached hydrogen (secondary N) is 1. The Morgan fingerprint density at radius 1 is 1.09 bits per heavy atom. The molecular formula is C33H37N5O7. The van der Waals surface area contributed by atoms with Crippen molar-refractivity contribution in [3.8, 4) is 5.75 Å². The highest BCUT2D eigenvalue weighted by atomic mass is 16.5. The summed E-state index contributed by atoms with van der Waals surface area (Å²) >= 11 is 0. The minimum Gasteiger partial charge on any atom is -0.484 e. The molecule has 2 amide bonds. The Morgan fingerprint density at radius 3 is 2.51 bits per heavy atom. The summed E-state index contributed by atoms with van der Waals surface area (Å²) in [5, 5.41) is 20.7. The molecule has 1 aromatic heterocycles. The van der Waals surface area contributed by atoms with Gasteiger partial charge >= 0.3 is 11.9 Å². The van der Waals surface area contributed by atoms with Gasteiger partial charge in [0.05, 0.1) is 30.1 Å². The van der Waals surface area contributed by atoms with Gasteiger partial charge in [-0.3, -0.25) is 14.4 Å². The van der Waals surface area contributed by atoms with Crippen LogP contribution in [0.2, 0.25) is 0 Å². The lowest BCUT2D eigenvalue weighted by Crippen LogP contribution is -2.42. The normalized spacial score (nSPS) is 21.1. The Labute approximate surface area is 260 Å². The maximum Gasteiger partial charge on any atom is 0.335 e. The van der Waals surface area contributed by atoms with E-state index in [1.807, 2.05) is 19.1 Å². The minimum atomic E-state index is -1.06. The lowest BCUT2D eigenvalue weighted by Gasteiger charge is -2.35. The first-order chi connectivity index (χ1) is 21.7. The molecule has 3 aromatic rings.